The molecular formula is C48H33N3. The molecule has 7 aromatic carbocycles. The highest BCUT2D eigenvalue weighted by molar-refractivity contribution is 5.95. The second kappa shape index (κ2) is 12.1. The van der Waals surface area contributed by atoms with E-state index in [9.17, 15) is 5.26 Å². The summed E-state index contributed by atoms with van der Waals surface area (Å²) in [5.41, 5.74) is 14.6. The Morgan fingerprint density at radius 3 is 1.84 bits per heavy atom. The Labute approximate surface area is 298 Å². The smallest absolute Gasteiger partial charge is 0.160 e. The average molecular weight is 652 g/mol. The SMILES string of the molecule is CC1(C)c2cccc(C#N)c2-c2c(-c3cccc(-c4ccc(-c5nc(-c6ccccc6)cc(-c6ccc7ccccc7c6)n5)cc4)c3)cccc21. The van der Waals surface area contributed by atoms with Gasteiger partial charge in [0.15, 0.2) is 5.82 Å². The van der Waals surface area contributed by atoms with Gasteiger partial charge in [0.1, 0.15) is 0 Å². The minimum absolute atomic E-state index is 0.185. The summed E-state index contributed by atoms with van der Waals surface area (Å²) in [6, 6.07) is 59.7. The van der Waals surface area contributed by atoms with Gasteiger partial charge in [0.25, 0.3) is 0 Å². The van der Waals surface area contributed by atoms with Crippen molar-refractivity contribution in [3.05, 3.63) is 180 Å². The van der Waals surface area contributed by atoms with Crippen LogP contribution in [0.25, 0.3) is 78.1 Å². The van der Waals surface area contributed by atoms with E-state index in [0.717, 1.165) is 61.5 Å². The molecule has 0 atom stereocenters. The number of rotatable bonds is 5. The van der Waals surface area contributed by atoms with Crippen LogP contribution in [-0.4, -0.2) is 9.97 Å². The molecule has 1 aromatic heterocycles. The Morgan fingerprint density at radius 1 is 0.451 bits per heavy atom. The summed E-state index contributed by atoms with van der Waals surface area (Å²) in [5, 5.41) is 12.5. The van der Waals surface area contributed by atoms with Crippen molar-refractivity contribution >= 4 is 10.8 Å². The summed E-state index contributed by atoms with van der Waals surface area (Å²) in [6.45, 7) is 4.51. The zero-order valence-electron chi connectivity index (χ0n) is 28.4. The van der Waals surface area contributed by atoms with Crippen LogP contribution in [0, 0.1) is 11.3 Å². The first-order valence-electron chi connectivity index (χ1n) is 17.3. The van der Waals surface area contributed by atoms with Crippen LogP contribution >= 0.6 is 0 Å². The quantitative estimate of drug-likeness (QED) is 0.186. The molecule has 1 aliphatic rings. The lowest BCUT2D eigenvalue weighted by Crippen LogP contribution is -2.14. The summed E-state index contributed by atoms with van der Waals surface area (Å²) >= 11 is 0. The number of hydrogen-bond acceptors (Lipinski definition) is 3. The molecule has 0 bridgehead atoms. The van der Waals surface area contributed by atoms with E-state index in [1.54, 1.807) is 0 Å². The first-order valence-corrected chi connectivity index (χ1v) is 17.3. The van der Waals surface area contributed by atoms with Crippen molar-refractivity contribution in [3.63, 3.8) is 0 Å². The Bertz CT molecular complexity index is 2660. The topological polar surface area (TPSA) is 49.6 Å². The van der Waals surface area contributed by atoms with E-state index in [-0.39, 0.29) is 5.41 Å². The highest BCUT2D eigenvalue weighted by Gasteiger charge is 2.38. The molecule has 0 aliphatic heterocycles. The Kier molecular flexibility index (Phi) is 7.19. The molecule has 240 valence electrons. The summed E-state index contributed by atoms with van der Waals surface area (Å²) in [5.74, 6) is 0.689. The van der Waals surface area contributed by atoms with E-state index in [1.165, 1.54) is 27.5 Å². The van der Waals surface area contributed by atoms with Gasteiger partial charge < -0.3 is 0 Å². The molecule has 0 saturated heterocycles. The predicted molar refractivity (Wildman–Crippen MR) is 209 cm³/mol. The minimum Gasteiger partial charge on any atom is -0.228 e. The first-order chi connectivity index (χ1) is 25.0. The Balaban J connectivity index is 1.10. The number of hydrogen-bond donors (Lipinski definition) is 0. The van der Waals surface area contributed by atoms with E-state index in [2.05, 4.69) is 153 Å². The van der Waals surface area contributed by atoms with Crippen LogP contribution < -0.4 is 0 Å². The molecule has 9 rings (SSSR count). The maximum atomic E-state index is 10.1. The lowest BCUT2D eigenvalue weighted by atomic mass is 9.82. The number of benzene rings is 7. The number of fused-ring (bicyclic) bond motifs is 4. The number of nitrogens with zero attached hydrogens (tertiary/aromatic N) is 3. The summed E-state index contributed by atoms with van der Waals surface area (Å²) in [4.78, 5) is 10.2. The van der Waals surface area contributed by atoms with E-state index in [1.807, 2.05) is 30.3 Å². The minimum atomic E-state index is -0.185. The normalized spacial score (nSPS) is 12.6. The summed E-state index contributed by atoms with van der Waals surface area (Å²) in [6.07, 6.45) is 0. The Hall–Kier alpha value is -6.63. The van der Waals surface area contributed by atoms with Gasteiger partial charge >= 0.3 is 0 Å². The number of nitriles is 1. The van der Waals surface area contributed by atoms with Crippen LogP contribution in [0.15, 0.2) is 164 Å². The zero-order chi connectivity index (χ0) is 34.5. The fourth-order valence-electron chi connectivity index (χ4n) is 7.67. The van der Waals surface area contributed by atoms with Gasteiger partial charge in [-0.1, -0.05) is 153 Å². The van der Waals surface area contributed by atoms with Crippen LogP contribution in [0.5, 0.6) is 0 Å². The maximum Gasteiger partial charge on any atom is 0.160 e. The molecule has 51 heavy (non-hydrogen) atoms. The van der Waals surface area contributed by atoms with Crippen molar-refractivity contribution in [2.75, 3.05) is 0 Å². The van der Waals surface area contributed by atoms with Gasteiger partial charge in [-0.15, -0.1) is 0 Å². The van der Waals surface area contributed by atoms with Gasteiger partial charge in [0.05, 0.1) is 23.0 Å². The fraction of sp³-hybridized carbons (Fsp3) is 0.0625. The van der Waals surface area contributed by atoms with E-state index in [4.69, 9.17) is 9.97 Å². The van der Waals surface area contributed by atoms with Crippen molar-refractivity contribution in [2.24, 2.45) is 0 Å². The molecule has 3 nitrogen and oxygen atoms in total. The molecule has 0 fully saturated rings. The van der Waals surface area contributed by atoms with Crippen LogP contribution in [0.4, 0.5) is 0 Å². The van der Waals surface area contributed by atoms with Gasteiger partial charge in [-0.05, 0) is 74.0 Å². The highest BCUT2D eigenvalue weighted by atomic mass is 14.9. The van der Waals surface area contributed by atoms with Gasteiger partial charge in [0, 0.05) is 27.7 Å². The molecule has 0 saturated carbocycles. The summed E-state index contributed by atoms with van der Waals surface area (Å²) in [7, 11) is 0. The van der Waals surface area contributed by atoms with Gasteiger partial charge in [-0.3, -0.25) is 0 Å². The van der Waals surface area contributed by atoms with Crippen molar-refractivity contribution in [1.82, 2.24) is 9.97 Å². The third kappa shape index (κ3) is 5.21. The lowest BCUT2D eigenvalue weighted by Gasteiger charge is -2.21. The molecule has 0 N–H and O–H groups in total. The number of aromatic nitrogens is 2. The molecular weight excluding hydrogens is 619 g/mol. The monoisotopic (exact) mass is 651 g/mol. The average Bonchev–Trinajstić information content (AvgIpc) is 3.44. The van der Waals surface area contributed by atoms with Crippen LogP contribution in [0.1, 0.15) is 30.5 Å². The molecule has 0 spiro atoms. The second-order valence-corrected chi connectivity index (χ2v) is 13.7. The van der Waals surface area contributed by atoms with Crippen molar-refractivity contribution in [2.45, 2.75) is 19.3 Å². The van der Waals surface area contributed by atoms with E-state index < -0.39 is 0 Å². The van der Waals surface area contributed by atoms with Crippen LogP contribution in [0.3, 0.4) is 0 Å². The van der Waals surface area contributed by atoms with Crippen molar-refractivity contribution in [1.29, 1.82) is 5.26 Å². The highest BCUT2D eigenvalue weighted by Crippen LogP contribution is 2.53. The third-order valence-corrected chi connectivity index (χ3v) is 10.3. The second-order valence-electron chi connectivity index (χ2n) is 13.7. The molecule has 0 amide bonds. The van der Waals surface area contributed by atoms with Gasteiger partial charge in [-0.2, -0.15) is 5.26 Å². The van der Waals surface area contributed by atoms with Crippen LogP contribution in [0.2, 0.25) is 0 Å². The summed E-state index contributed by atoms with van der Waals surface area (Å²) < 4.78 is 0. The molecule has 0 radical (unpaired) electrons. The molecule has 3 heteroatoms. The largest absolute Gasteiger partial charge is 0.228 e. The lowest BCUT2D eigenvalue weighted by molar-refractivity contribution is 0.660. The standard InChI is InChI=1S/C48H33N3/c1-48(2)41-19-9-17-39(30-49)45(41)46-40(18-10-20-42(46)48)37-16-8-15-36(27-37)32-21-24-34(25-22-32)47-50-43(33-12-4-3-5-13-33)29-44(51-47)38-26-23-31-11-6-7-14-35(31)28-38/h3-29H,1-2H3. The van der Waals surface area contributed by atoms with Crippen molar-refractivity contribution < 1.29 is 0 Å². The van der Waals surface area contributed by atoms with Gasteiger partial charge in [0.2, 0.25) is 0 Å². The van der Waals surface area contributed by atoms with Crippen molar-refractivity contribution in [3.8, 4) is 73.4 Å². The Morgan fingerprint density at radius 2 is 1.06 bits per heavy atom. The zero-order valence-corrected chi connectivity index (χ0v) is 28.4. The molecule has 1 heterocycles. The van der Waals surface area contributed by atoms with Gasteiger partial charge in [-0.25, -0.2) is 9.97 Å². The molecule has 0 unspecified atom stereocenters. The maximum absolute atomic E-state index is 10.1. The first kappa shape index (κ1) is 30.4. The fourth-order valence-corrected chi connectivity index (χ4v) is 7.67. The predicted octanol–water partition coefficient (Wildman–Crippen LogP) is 12.1. The van der Waals surface area contributed by atoms with E-state index >= 15 is 0 Å². The van der Waals surface area contributed by atoms with Crippen LogP contribution in [-0.2, 0) is 5.41 Å². The third-order valence-electron chi connectivity index (χ3n) is 10.3. The molecule has 8 aromatic rings. The molecule has 1 aliphatic carbocycles. The van der Waals surface area contributed by atoms with E-state index in [0.29, 0.717) is 5.82 Å².